The zero-order valence-electron chi connectivity index (χ0n) is 12.3. The Morgan fingerprint density at radius 3 is 2.86 bits per heavy atom. The molecule has 3 rings (SSSR count). The quantitative estimate of drug-likeness (QED) is 0.779. The van der Waals surface area contributed by atoms with E-state index in [4.69, 9.17) is 4.98 Å². The number of thiophene rings is 1. The van der Waals surface area contributed by atoms with Crippen molar-refractivity contribution in [1.82, 2.24) is 10.3 Å². The fraction of sp³-hybridized carbons (Fsp3) is 0.235. The molecule has 3 nitrogen and oxygen atoms in total. The lowest BCUT2D eigenvalue weighted by atomic mass is 10.1. The van der Waals surface area contributed by atoms with Gasteiger partial charge in [-0.2, -0.15) is 11.3 Å². The van der Waals surface area contributed by atoms with Gasteiger partial charge in [0.25, 0.3) is 0 Å². The number of nitrogens with one attached hydrogen (secondary N) is 1. The van der Waals surface area contributed by atoms with Gasteiger partial charge in [-0.1, -0.05) is 24.3 Å². The third kappa shape index (κ3) is 3.06. The van der Waals surface area contributed by atoms with Crippen molar-refractivity contribution < 1.29 is 0 Å². The molecular formula is C17H19N3S. The van der Waals surface area contributed by atoms with Gasteiger partial charge in [0.1, 0.15) is 5.82 Å². The van der Waals surface area contributed by atoms with Crippen LogP contribution >= 0.6 is 11.3 Å². The molecule has 0 aliphatic heterocycles. The van der Waals surface area contributed by atoms with Gasteiger partial charge in [0.05, 0.1) is 5.69 Å². The van der Waals surface area contributed by atoms with Crippen LogP contribution in [0.1, 0.15) is 11.3 Å². The molecule has 0 amide bonds. The summed E-state index contributed by atoms with van der Waals surface area (Å²) in [6, 6.07) is 12.8. The molecule has 0 fully saturated rings. The normalized spacial score (nSPS) is 11.0. The van der Waals surface area contributed by atoms with E-state index in [1.807, 2.05) is 7.05 Å². The van der Waals surface area contributed by atoms with Gasteiger partial charge in [-0.25, -0.2) is 4.98 Å². The van der Waals surface area contributed by atoms with Crippen LogP contribution in [0.15, 0.2) is 47.2 Å². The molecule has 2 aromatic heterocycles. The number of nitrogens with zero attached hydrogens (tertiary/aromatic N) is 2. The number of hydrogen-bond acceptors (Lipinski definition) is 4. The molecule has 0 aliphatic rings. The molecular weight excluding hydrogens is 278 g/mol. The Labute approximate surface area is 129 Å². The minimum absolute atomic E-state index is 0.782. The lowest BCUT2D eigenvalue weighted by molar-refractivity contribution is 0.786. The lowest BCUT2D eigenvalue weighted by Gasteiger charge is -2.20. The van der Waals surface area contributed by atoms with Gasteiger partial charge in [0.2, 0.25) is 0 Å². The largest absolute Gasteiger partial charge is 0.355 e. The maximum Gasteiger partial charge on any atom is 0.136 e. The van der Waals surface area contributed by atoms with Gasteiger partial charge in [0, 0.05) is 25.5 Å². The van der Waals surface area contributed by atoms with Crippen molar-refractivity contribution in [2.45, 2.75) is 13.1 Å². The Morgan fingerprint density at radius 1 is 1.24 bits per heavy atom. The average Bonchev–Trinajstić information content (AvgIpc) is 2.99. The van der Waals surface area contributed by atoms with Gasteiger partial charge < -0.3 is 10.2 Å². The molecule has 1 aromatic carbocycles. The average molecular weight is 297 g/mol. The first-order chi connectivity index (χ1) is 10.3. The van der Waals surface area contributed by atoms with Crippen LogP contribution in [0.4, 0.5) is 5.82 Å². The summed E-state index contributed by atoms with van der Waals surface area (Å²) in [5.74, 6) is 1.05. The summed E-state index contributed by atoms with van der Waals surface area (Å²) in [4.78, 5) is 7.06. The molecule has 0 bridgehead atoms. The molecule has 4 heteroatoms. The van der Waals surface area contributed by atoms with E-state index in [-0.39, 0.29) is 0 Å². The fourth-order valence-electron chi connectivity index (χ4n) is 2.53. The highest BCUT2D eigenvalue weighted by atomic mass is 32.1. The van der Waals surface area contributed by atoms with Gasteiger partial charge in [-0.3, -0.25) is 0 Å². The monoisotopic (exact) mass is 297 g/mol. The Morgan fingerprint density at radius 2 is 2.10 bits per heavy atom. The maximum absolute atomic E-state index is 4.84. The standard InChI is InChI=1S/C17H19N3S/c1-18-10-15-9-14-5-3-4-6-16(14)17(19-15)20(2)11-13-7-8-21-12-13/h3-9,12,18H,10-11H2,1-2H3. The first-order valence-electron chi connectivity index (χ1n) is 7.03. The molecule has 2 heterocycles. The summed E-state index contributed by atoms with van der Waals surface area (Å²) in [7, 11) is 4.06. The highest BCUT2D eigenvalue weighted by Gasteiger charge is 2.10. The van der Waals surface area contributed by atoms with Crippen molar-refractivity contribution in [3.05, 3.63) is 58.4 Å². The topological polar surface area (TPSA) is 28.2 Å². The Bertz CT molecular complexity index is 722. The maximum atomic E-state index is 4.84. The molecule has 21 heavy (non-hydrogen) atoms. The second kappa shape index (κ2) is 6.24. The Balaban J connectivity index is 2.02. The minimum atomic E-state index is 0.782. The van der Waals surface area contributed by atoms with Crippen LogP contribution in [0, 0.1) is 0 Å². The zero-order chi connectivity index (χ0) is 14.7. The summed E-state index contributed by atoms with van der Waals surface area (Å²) in [5, 5.41) is 9.93. The number of anilines is 1. The molecule has 3 aromatic rings. The molecule has 0 saturated heterocycles. The first-order valence-corrected chi connectivity index (χ1v) is 7.97. The summed E-state index contributed by atoms with van der Waals surface area (Å²) < 4.78 is 0. The lowest BCUT2D eigenvalue weighted by Crippen LogP contribution is -2.19. The molecule has 0 saturated carbocycles. The van der Waals surface area contributed by atoms with Crippen LogP contribution in [0.2, 0.25) is 0 Å². The summed E-state index contributed by atoms with van der Waals surface area (Å²) in [6.45, 7) is 1.66. The van der Waals surface area contributed by atoms with E-state index in [1.165, 1.54) is 16.3 Å². The fourth-order valence-corrected chi connectivity index (χ4v) is 3.19. The highest BCUT2D eigenvalue weighted by molar-refractivity contribution is 7.07. The number of aromatic nitrogens is 1. The number of hydrogen-bond donors (Lipinski definition) is 1. The predicted octanol–water partition coefficient (Wildman–Crippen LogP) is 3.65. The third-order valence-electron chi connectivity index (χ3n) is 3.49. The first kappa shape index (κ1) is 14.0. The van der Waals surface area contributed by atoms with Crippen molar-refractivity contribution in [2.24, 2.45) is 0 Å². The molecule has 0 unspecified atom stereocenters. The zero-order valence-corrected chi connectivity index (χ0v) is 13.2. The van der Waals surface area contributed by atoms with Crippen molar-refractivity contribution in [1.29, 1.82) is 0 Å². The number of fused-ring (bicyclic) bond motifs is 1. The molecule has 0 radical (unpaired) electrons. The van der Waals surface area contributed by atoms with Crippen LogP contribution < -0.4 is 10.2 Å². The van der Waals surface area contributed by atoms with Gasteiger partial charge >= 0.3 is 0 Å². The second-order valence-corrected chi connectivity index (χ2v) is 5.96. The smallest absolute Gasteiger partial charge is 0.136 e. The van der Waals surface area contributed by atoms with Crippen LogP contribution in [-0.2, 0) is 13.1 Å². The number of pyridine rings is 1. The van der Waals surface area contributed by atoms with E-state index in [1.54, 1.807) is 11.3 Å². The van der Waals surface area contributed by atoms with E-state index >= 15 is 0 Å². The van der Waals surface area contributed by atoms with Crippen molar-refractivity contribution in [2.75, 3.05) is 19.0 Å². The third-order valence-corrected chi connectivity index (χ3v) is 4.22. The number of benzene rings is 1. The van der Waals surface area contributed by atoms with E-state index in [0.717, 1.165) is 24.6 Å². The van der Waals surface area contributed by atoms with Crippen LogP contribution in [0.5, 0.6) is 0 Å². The van der Waals surface area contributed by atoms with Gasteiger partial charge in [-0.05, 0) is 40.9 Å². The van der Waals surface area contributed by atoms with Gasteiger partial charge in [0.15, 0.2) is 0 Å². The van der Waals surface area contributed by atoms with Crippen LogP contribution in [0.3, 0.4) is 0 Å². The van der Waals surface area contributed by atoms with Crippen LogP contribution in [-0.4, -0.2) is 19.1 Å². The number of rotatable bonds is 5. The summed E-state index contributed by atoms with van der Waals surface area (Å²) >= 11 is 1.73. The van der Waals surface area contributed by atoms with E-state index < -0.39 is 0 Å². The van der Waals surface area contributed by atoms with E-state index in [2.05, 4.69) is 64.4 Å². The van der Waals surface area contributed by atoms with Crippen molar-refractivity contribution in [3.8, 4) is 0 Å². The molecule has 0 spiro atoms. The predicted molar refractivity (Wildman–Crippen MR) is 90.9 cm³/mol. The Kier molecular flexibility index (Phi) is 4.18. The molecule has 0 atom stereocenters. The minimum Gasteiger partial charge on any atom is -0.355 e. The summed E-state index contributed by atoms with van der Waals surface area (Å²) in [5.41, 5.74) is 2.40. The van der Waals surface area contributed by atoms with Crippen molar-refractivity contribution >= 4 is 27.9 Å². The SMILES string of the molecule is CNCc1cc2ccccc2c(N(C)Cc2ccsc2)n1. The van der Waals surface area contributed by atoms with E-state index in [0.29, 0.717) is 0 Å². The van der Waals surface area contributed by atoms with Gasteiger partial charge in [-0.15, -0.1) is 0 Å². The molecule has 108 valence electrons. The van der Waals surface area contributed by atoms with Crippen LogP contribution in [0.25, 0.3) is 10.8 Å². The molecule has 0 aliphatic carbocycles. The molecule has 1 N–H and O–H groups in total. The highest BCUT2D eigenvalue weighted by Crippen LogP contribution is 2.26. The van der Waals surface area contributed by atoms with Crippen molar-refractivity contribution in [3.63, 3.8) is 0 Å². The van der Waals surface area contributed by atoms with E-state index in [9.17, 15) is 0 Å². The Hall–Kier alpha value is -1.91. The second-order valence-electron chi connectivity index (χ2n) is 5.18. The summed E-state index contributed by atoms with van der Waals surface area (Å²) in [6.07, 6.45) is 0.